The molecule has 0 aromatic heterocycles. The summed E-state index contributed by atoms with van der Waals surface area (Å²) >= 11 is 0. The number of nitrogens with one attached hydrogen (secondary N) is 1. The van der Waals surface area contributed by atoms with Crippen LogP contribution in [0.3, 0.4) is 0 Å². The number of carbonyl (C=O) groups is 2. The first-order chi connectivity index (χ1) is 7.74. The van der Waals surface area contributed by atoms with Crippen molar-refractivity contribution < 1.29 is 19.1 Å². The summed E-state index contributed by atoms with van der Waals surface area (Å²) in [4.78, 5) is 23.6. The van der Waals surface area contributed by atoms with Crippen molar-refractivity contribution in [1.29, 1.82) is 0 Å². The minimum absolute atomic E-state index is 0.261. The third-order valence-corrected chi connectivity index (χ3v) is 3.16. The molecule has 1 rings (SSSR count). The summed E-state index contributed by atoms with van der Waals surface area (Å²) in [5.74, 6) is -0.792. The van der Waals surface area contributed by atoms with E-state index < -0.39 is 16.9 Å². The highest BCUT2D eigenvalue weighted by Gasteiger charge is 2.46. The molecule has 0 spiro atoms. The van der Waals surface area contributed by atoms with Gasteiger partial charge < -0.3 is 20.5 Å². The third kappa shape index (κ3) is 2.58. The van der Waals surface area contributed by atoms with Crippen molar-refractivity contribution >= 4 is 11.9 Å². The van der Waals surface area contributed by atoms with Gasteiger partial charge in [-0.05, 0) is 20.8 Å². The molecule has 2 atom stereocenters. The molecule has 0 radical (unpaired) electrons. The summed E-state index contributed by atoms with van der Waals surface area (Å²) in [7, 11) is 1.28. The lowest BCUT2D eigenvalue weighted by Gasteiger charge is -2.31. The fourth-order valence-corrected chi connectivity index (χ4v) is 1.66. The van der Waals surface area contributed by atoms with Crippen LogP contribution in [0.4, 0.5) is 0 Å². The van der Waals surface area contributed by atoms with Crippen LogP contribution in [0, 0.1) is 5.41 Å². The molecule has 17 heavy (non-hydrogen) atoms. The molecule has 6 heteroatoms. The van der Waals surface area contributed by atoms with Crippen molar-refractivity contribution in [1.82, 2.24) is 5.32 Å². The van der Waals surface area contributed by atoms with Crippen molar-refractivity contribution in [2.75, 3.05) is 20.3 Å². The van der Waals surface area contributed by atoms with Gasteiger partial charge in [-0.3, -0.25) is 4.79 Å². The van der Waals surface area contributed by atoms with Gasteiger partial charge in [0.05, 0.1) is 25.7 Å². The molecule has 6 nitrogen and oxygen atoms in total. The molecule has 98 valence electrons. The molecular formula is C11H20N2O4. The second-order valence-corrected chi connectivity index (χ2v) is 5.11. The number of ether oxygens (including phenoxy) is 2. The molecule has 1 aliphatic rings. The van der Waals surface area contributed by atoms with Gasteiger partial charge in [0.2, 0.25) is 5.91 Å². The zero-order valence-electron chi connectivity index (χ0n) is 10.7. The molecule has 1 amide bonds. The van der Waals surface area contributed by atoms with Gasteiger partial charge in [-0.25, -0.2) is 4.79 Å². The van der Waals surface area contributed by atoms with Gasteiger partial charge >= 0.3 is 5.97 Å². The van der Waals surface area contributed by atoms with E-state index in [-0.39, 0.29) is 18.6 Å². The molecule has 1 saturated heterocycles. The van der Waals surface area contributed by atoms with E-state index in [1.807, 2.05) is 0 Å². The minimum atomic E-state index is -1.07. The predicted molar refractivity (Wildman–Crippen MR) is 61.1 cm³/mol. The molecule has 0 aromatic carbocycles. The number of hydrogen-bond acceptors (Lipinski definition) is 5. The molecule has 0 saturated carbocycles. The van der Waals surface area contributed by atoms with Gasteiger partial charge in [-0.15, -0.1) is 0 Å². The fourth-order valence-electron chi connectivity index (χ4n) is 1.66. The highest BCUT2D eigenvalue weighted by molar-refractivity contribution is 5.90. The molecule has 2 unspecified atom stereocenters. The Kier molecular flexibility index (Phi) is 3.78. The fraction of sp³-hybridized carbons (Fsp3) is 0.818. The number of amides is 1. The number of carbonyl (C=O) groups excluding carboxylic acids is 2. The molecule has 1 heterocycles. The van der Waals surface area contributed by atoms with Crippen molar-refractivity contribution in [2.45, 2.75) is 32.4 Å². The highest BCUT2D eigenvalue weighted by atomic mass is 16.5. The Morgan fingerprint density at radius 2 is 2.12 bits per heavy atom. The Balaban J connectivity index is 2.75. The van der Waals surface area contributed by atoms with E-state index in [0.29, 0.717) is 6.61 Å². The Morgan fingerprint density at radius 1 is 1.53 bits per heavy atom. The van der Waals surface area contributed by atoms with Crippen molar-refractivity contribution in [2.24, 2.45) is 11.1 Å². The third-order valence-electron chi connectivity index (χ3n) is 3.16. The van der Waals surface area contributed by atoms with E-state index in [0.717, 1.165) is 0 Å². The molecular weight excluding hydrogens is 224 g/mol. The van der Waals surface area contributed by atoms with Gasteiger partial charge in [-0.1, -0.05) is 0 Å². The monoisotopic (exact) mass is 244 g/mol. The standard InChI is InChI=1S/C11H20N2O4/c1-10(2,9(15)16-4)13-8(14)11(3)6-17-5-7(11)12/h7H,5-6,12H2,1-4H3,(H,13,14). The van der Waals surface area contributed by atoms with Crippen molar-refractivity contribution in [3.05, 3.63) is 0 Å². The van der Waals surface area contributed by atoms with Crippen LogP contribution in [-0.2, 0) is 19.1 Å². The molecule has 0 aromatic rings. The van der Waals surface area contributed by atoms with Crippen molar-refractivity contribution in [3.8, 4) is 0 Å². The second-order valence-electron chi connectivity index (χ2n) is 5.11. The van der Waals surface area contributed by atoms with Crippen LogP contribution < -0.4 is 11.1 Å². The predicted octanol–water partition coefficient (Wildman–Crippen LogP) is -0.582. The van der Waals surface area contributed by atoms with E-state index in [2.05, 4.69) is 10.1 Å². The normalized spacial score (nSPS) is 28.9. The van der Waals surface area contributed by atoms with Crippen LogP contribution in [0.5, 0.6) is 0 Å². The molecule has 1 aliphatic heterocycles. The smallest absolute Gasteiger partial charge is 0.330 e. The lowest BCUT2D eigenvalue weighted by atomic mass is 9.84. The van der Waals surface area contributed by atoms with E-state index in [1.54, 1.807) is 20.8 Å². The molecule has 1 fully saturated rings. The van der Waals surface area contributed by atoms with E-state index in [4.69, 9.17) is 10.5 Å². The SMILES string of the molecule is COC(=O)C(C)(C)NC(=O)C1(C)COCC1N. The maximum Gasteiger partial charge on any atom is 0.330 e. The van der Waals surface area contributed by atoms with Crippen LogP contribution >= 0.6 is 0 Å². The minimum Gasteiger partial charge on any atom is -0.467 e. The van der Waals surface area contributed by atoms with Crippen LogP contribution in [0.25, 0.3) is 0 Å². The van der Waals surface area contributed by atoms with E-state index >= 15 is 0 Å². The summed E-state index contributed by atoms with van der Waals surface area (Å²) in [6.45, 7) is 5.51. The second kappa shape index (κ2) is 4.62. The van der Waals surface area contributed by atoms with Gasteiger partial charge in [0.15, 0.2) is 0 Å². The topological polar surface area (TPSA) is 90.6 Å². The molecule has 0 bridgehead atoms. The molecule has 0 aliphatic carbocycles. The van der Waals surface area contributed by atoms with Gasteiger partial charge in [0.25, 0.3) is 0 Å². The Morgan fingerprint density at radius 3 is 2.53 bits per heavy atom. The number of methoxy groups -OCH3 is 1. The Hall–Kier alpha value is -1.14. The van der Waals surface area contributed by atoms with Gasteiger partial charge in [-0.2, -0.15) is 0 Å². The van der Waals surface area contributed by atoms with Crippen LogP contribution in [-0.4, -0.2) is 43.8 Å². The number of esters is 1. The summed E-state index contributed by atoms with van der Waals surface area (Å²) in [5.41, 5.74) is 3.97. The Bertz CT molecular complexity index is 329. The number of nitrogens with two attached hydrogens (primary N) is 1. The highest BCUT2D eigenvalue weighted by Crippen LogP contribution is 2.28. The van der Waals surface area contributed by atoms with E-state index in [1.165, 1.54) is 7.11 Å². The van der Waals surface area contributed by atoms with Crippen LogP contribution in [0.15, 0.2) is 0 Å². The lowest BCUT2D eigenvalue weighted by molar-refractivity contribution is -0.151. The zero-order valence-corrected chi connectivity index (χ0v) is 10.7. The summed E-state index contributed by atoms with van der Waals surface area (Å²) in [5, 5.41) is 2.65. The van der Waals surface area contributed by atoms with Gasteiger partial charge in [0, 0.05) is 6.04 Å². The maximum atomic E-state index is 12.1. The Labute approximate surface area is 101 Å². The quantitative estimate of drug-likeness (QED) is 0.648. The van der Waals surface area contributed by atoms with Gasteiger partial charge in [0.1, 0.15) is 5.54 Å². The average Bonchev–Trinajstić information content (AvgIpc) is 2.58. The first-order valence-corrected chi connectivity index (χ1v) is 5.48. The lowest BCUT2D eigenvalue weighted by Crippen LogP contribution is -2.58. The number of hydrogen-bond donors (Lipinski definition) is 2. The summed E-state index contributed by atoms with van der Waals surface area (Å²) < 4.78 is 9.81. The van der Waals surface area contributed by atoms with Crippen molar-refractivity contribution in [3.63, 3.8) is 0 Å². The summed E-state index contributed by atoms with van der Waals surface area (Å²) in [6.07, 6.45) is 0. The van der Waals surface area contributed by atoms with Crippen LogP contribution in [0.2, 0.25) is 0 Å². The maximum absolute atomic E-state index is 12.1. The number of rotatable bonds is 3. The van der Waals surface area contributed by atoms with E-state index in [9.17, 15) is 9.59 Å². The zero-order chi connectivity index (χ0) is 13.3. The molecule has 3 N–H and O–H groups in total. The first-order valence-electron chi connectivity index (χ1n) is 5.48. The largest absolute Gasteiger partial charge is 0.467 e. The summed E-state index contributed by atoms with van der Waals surface area (Å²) in [6, 6.07) is -0.365. The van der Waals surface area contributed by atoms with Crippen LogP contribution in [0.1, 0.15) is 20.8 Å². The average molecular weight is 244 g/mol. The first kappa shape index (κ1) is 13.9.